The van der Waals surface area contributed by atoms with Gasteiger partial charge < -0.3 is 15.5 Å². The number of hydrogen-bond acceptors (Lipinski definition) is 3. The lowest BCUT2D eigenvalue weighted by molar-refractivity contribution is 0.0882. The summed E-state index contributed by atoms with van der Waals surface area (Å²) in [6.07, 6.45) is 6.73. The lowest BCUT2D eigenvalue weighted by Crippen LogP contribution is -2.53. The highest BCUT2D eigenvalue weighted by atomic mass is 35.5. The van der Waals surface area contributed by atoms with E-state index >= 15 is 0 Å². The molecule has 2 aromatic rings. The fourth-order valence-corrected chi connectivity index (χ4v) is 4.05. The van der Waals surface area contributed by atoms with Gasteiger partial charge in [0, 0.05) is 10.9 Å². The average molecular weight is 393 g/mol. The van der Waals surface area contributed by atoms with Crippen LogP contribution < -0.4 is 11.1 Å². The first-order chi connectivity index (χ1) is 13.1. The van der Waals surface area contributed by atoms with Crippen LogP contribution in [0.4, 0.5) is 0 Å². The molecule has 1 unspecified atom stereocenters. The fraction of sp³-hybridized carbons (Fsp3) is 0.591. The molecule has 27 heavy (non-hydrogen) atoms. The summed E-state index contributed by atoms with van der Waals surface area (Å²) in [4.78, 5) is 12.7. The molecule has 5 heteroatoms. The molecular weight excluding hydrogens is 360 g/mol. The van der Waals surface area contributed by atoms with Crippen molar-refractivity contribution in [1.29, 1.82) is 0 Å². The van der Waals surface area contributed by atoms with Gasteiger partial charge in [0.15, 0.2) is 11.3 Å². The summed E-state index contributed by atoms with van der Waals surface area (Å²) < 4.78 is 5.67. The maximum atomic E-state index is 12.7. The third-order valence-corrected chi connectivity index (χ3v) is 5.62. The molecule has 2 saturated carbocycles. The van der Waals surface area contributed by atoms with Gasteiger partial charge in [-0.3, -0.25) is 4.79 Å². The molecule has 2 aliphatic rings. The topological polar surface area (TPSA) is 68.3 Å². The fourth-order valence-electron chi connectivity index (χ4n) is 3.83. The molecule has 0 spiro atoms. The number of carbonyl (C=O) groups excluding carboxylic acids is 1. The van der Waals surface area contributed by atoms with E-state index in [9.17, 15) is 4.79 Å². The van der Waals surface area contributed by atoms with Crippen molar-refractivity contribution in [2.24, 2.45) is 11.7 Å². The number of nitrogens with one attached hydrogen (secondary N) is 1. The lowest BCUT2D eigenvalue weighted by atomic mass is 9.90. The minimum Gasteiger partial charge on any atom is -0.449 e. The van der Waals surface area contributed by atoms with Crippen LogP contribution in [0, 0.1) is 5.92 Å². The number of fused-ring (bicyclic) bond motifs is 1. The summed E-state index contributed by atoms with van der Waals surface area (Å²) >= 11 is 6.12. The number of carbonyl (C=O) groups is 1. The van der Waals surface area contributed by atoms with Gasteiger partial charge in [-0.15, -0.1) is 0 Å². The second-order valence-electron chi connectivity index (χ2n) is 7.00. The molecule has 2 aliphatic carbocycles. The van der Waals surface area contributed by atoms with Gasteiger partial charge in [-0.2, -0.15) is 0 Å². The van der Waals surface area contributed by atoms with E-state index in [0.717, 1.165) is 31.1 Å². The molecule has 2 fully saturated rings. The van der Waals surface area contributed by atoms with E-state index in [4.69, 9.17) is 21.8 Å². The van der Waals surface area contributed by atoms with Crippen LogP contribution in [0.15, 0.2) is 28.7 Å². The molecule has 1 aromatic heterocycles. The number of amides is 1. The Hall–Kier alpha value is -1.52. The lowest BCUT2D eigenvalue weighted by Gasteiger charge is -2.30. The van der Waals surface area contributed by atoms with Crippen molar-refractivity contribution in [3.63, 3.8) is 0 Å². The van der Waals surface area contributed by atoms with Gasteiger partial charge in [-0.1, -0.05) is 64.3 Å². The molecular formula is C22H33ClN2O2. The SMILES string of the molecule is CC.CC.NC1(C(NC(=O)c2cc3cccc(Cl)c3o2)C2CCCC2)CC1. The number of para-hydroxylation sites is 1. The summed E-state index contributed by atoms with van der Waals surface area (Å²) in [6, 6.07) is 7.29. The van der Waals surface area contributed by atoms with Gasteiger partial charge in [0.1, 0.15) is 0 Å². The predicted octanol–water partition coefficient (Wildman–Crippen LogP) is 5.92. The molecule has 0 saturated heterocycles. The molecule has 3 N–H and O–H groups in total. The molecule has 0 aliphatic heterocycles. The summed E-state index contributed by atoms with van der Waals surface area (Å²) in [7, 11) is 0. The van der Waals surface area contributed by atoms with Crippen molar-refractivity contribution < 1.29 is 9.21 Å². The Morgan fingerprint density at radius 2 is 1.85 bits per heavy atom. The van der Waals surface area contributed by atoms with Crippen LogP contribution in [0.2, 0.25) is 5.02 Å². The summed E-state index contributed by atoms with van der Waals surface area (Å²) in [5.74, 6) is 0.602. The Bertz CT molecular complexity index is 746. The molecule has 0 radical (unpaired) electrons. The van der Waals surface area contributed by atoms with E-state index in [1.807, 2.05) is 39.8 Å². The van der Waals surface area contributed by atoms with Crippen LogP contribution in [-0.4, -0.2) is 17.5 Å². The Labute approximate surface area is 167 Å². The quantitative estimate of drug-likeness (QED) is 0.678. The Kier molecular flexibility index (Phi) is 7.75. The van der Waals surface area contributed by atoms with Gasteiger partial charge >= 0.3 is 0 Å². The number of halogens is 1. The summed E-state index contributed by atoms with van der Waals surface area (Å²) in [5, 5.41) is 4.52. The molecule has 4 nitrogen and oxygen atoms in total. The first kappa shape index (κ1) is 21.8. The van der Waals surface area contributed by atoms with Crippen LogP contribution in [-0.2, 0) is 0 Å². The summed E-state index contributed by atoms with van der Waals surface area (Å²) in [6.45, 7) is 8.00. The molecule has 1 atom stereocenters. The number of rotatable bonds is 4. The third-order valence-electron chi connectivity index (χ3n) is 5.32. The minimum absolute atomic E-state index is 0.0428. The zero-order valence-electron chi connectivity index (χ0n) is 17.0. The van der Waals surface area contributed by atoms with Crippen molar-refractivity contribution in [3.8, 4) is 0 Å². The van der Waals surface area contributed by atoms with Crippen LogP contribution in [0.5, 0.6) is 0 Å². The predicted molar refractivity (Wildman–Crippen MR) is 113 cm³/mol. The minimum atomic E-state index is -0.228. The maximum absolute atomic E-state index is 12.7. The number of hydrogen-bond donors (Lipinski definition) is 2. The molecule has 150 valence electrons. The number of nitrogens with two attached hydrogens (primary N) is 1. The zero-order valence-corrected chi connectivity index (χ0v) is 17.7. The average Bonchev–Trinajstić information content (AvgIpc) is 3.11. The highest BCUT2D eigenvalue weighted by Crippen LogP contribution is 2.43. The van der Waals surface area contributed by atoms with Crippen molar-refractivity contribution in [2.75, 3.05) is 0 Å². The van der Waals surface area contributed by atoms with E-state index in [1.54, 1.807) is 12.1 Å². The monoisotopic (exact) mass is 392 g/mol. The van der Waals surface area contributed by atoms with Gasteiger partial charge in [0.25, 0.3) is 5.91 Å². The van der Waals surface area contributed by atoms with Crippen LogP contribution in [0.25, 0.3) is 11.0 Å². The summed E-state index contributed by atoms with van der Waals surface area (Å²) in [5.41, 5.74) is 6.76. The van der Waals surface area contributed by atoms with Crippen molar-refractivity contribution in [1.82, 2.24) is 5.32 Å². The second kappa shape index (κ2) is 9.61. The van der Waals surface area contributed by atoms with E-state index in [1.165, 1.54) is 12.8 Å². The van der Waals surface area contributed by atoms with Gasteiger partial charge in [-0.25, -0.2) is 0 Å². The van der Waals surface area contributed by atoms with E-state index in [0.29, 0.717) is 22.3 Å². The number of benzene rings is 1. The van der Waals surface area contributed by atoms with E-state index in [2.05, 4.69) is 5.32 Å². The number of furan rings is 1. The largest absolute Gasteiger partial charge is 0.449 e. The molecule has 0 bridgehead atoms. The molecule has 1 amide bonds. The molecule has 1 heterocycles. The Morgan fingerprint density at radius 1 is 1.22 bits per heavy atom. The normalized spacial score (nSPS) is 18.7. The van der Waals surface area contributed by atoms with E-state index < -0.39 is 0 Å². The smallest absolute Gasteiger partial charge is 0.287 e. The zero-order chi connectivity index (χ0) is 20.0. The molecule has 4 rings (SSSR count). The Balaban J connectivity index is 0.000000614. The standard InChI is InChI=1S/C18H21ClN2O2.2C2H6/c19-13-7-3-6-12-10-14(23-15(12)13)17(22)21-16(18(20)8-9-18)11-4-1-2-5-11;2*1-2/h3,6-7,10-11,16H,1-2,4-5,8-9,20H2,(H,21,22);2*1-2H3. The second-order valence-corrected chi connectivity index (χ2v) is 7.40. The van der Waals surface area contributed by atoms with Crippen molar-refractivity contribution in [3.05, 3.63) is 35.0 Å². The van der Waals surface area contributed by atoms with Crippen LogP contribution in [0.1, 0.15) is 76.8 Å². The first-order valence-electron chi connectivity index (χ1n) is 10.3. The van der Waals surface area contributed by atoms with Gasteiger partial charge in [0.2, 0.25) is 0 Å². The van der Waals surface area contributed by atoms with Gasteiger partial charge in [0.05, 0.1) is 11.1 Å². The van der Waals surface area contributed by atoms with Crippen molar-refractivity contribution in [2.45, 2.75) is 77.8 Å². The Morgan fingerprint density at radius 3 is 2.41 bits per heavy atom. The highest BCUT2D eigenvalue weighted by molar-refractivity contribution is 6.34. The van der Waals surface area contributed by atoms with Crippen LogP contribution >= 0.6 is 11.6 Å². The van der Waals surface area contributed by atoms with E-state index in [-0.39, 0.29) is 17.5 Å². The third kappa shape index (κ3) is 4.85. The highest BCUT2D eigenvalue weighted by Gasteiger charge is 2.50. The molecule has 1 aromatic carbocycles. The maximum Gasteiger partial charge on any atom is 0.287 e. The van der Waals surface area contributed by atoms with Crippen molar-refractivity contribution >= 4 is 28.5 Å². The first-order valence-corrected chi connectivity index (χ1v) is 10.7. The van der Waals surface area contributed by atoms with Gasteiger partial charge in [-0.05, 0) is 43.7 Å². The van der Waals surface area contributed by atoms with Crippen LogP contribution in [0.3, 0.4) is 0 Å².